The number of rotatable bonds is 5. The lowest BCUT2D eigenvalue weighted by molar-refractivity contribution is 0.414. The van der Waals surface area contributed by atoms with Gasteiger partial charge >= 0.3 is 0 Å². The molecule has 5 heteroatoms. The zero-order valence-corrected chi connectivity index (χ0v) is 10.8. The van der Waals surface area contributed by atoms with Crippen LogP contribution in [0.2, 0.25) is 5.02 Å². The van der Waals surface area contributed by atoms with Gasteiger partial charge in [-0.1, -0.05) is 11.6 Å². The highest BCUT2D eigenvalue weighted by molar-refractivity contribution is 6.31. The first-order valence-electron chi connectivity index (χ1n) is 5.62. The molecule has 1 N–H and O–H groups in total. The van der Waals surface area contributed by atoms with Crippen molar-refractivity contribution < 1.29 is 4.74 Å². The molecule has 4 nitrogen and oxygen atoms in total. The summed E-state index contributed by atoms with van der Waals surface area (Å²) in [6.45, 7) is 0.776. The Kier molecular flexibility index (Phi) is 4.36. The Balaban J connectivity index is 1.94. The molecule has 0 aliphatic rings. The van der Waals surface area contributed by atoms with E-state index >= 15 is 0 Å². The molecule has 0 amide bonds. The summed E-state index contributed by atoms with van der Waals surface area (Å²) >= 11 is 6.13. The molecule has 0 radical (unpaired) electrons. The molecule has 0 bridgehead atoms. The Hall–Kier alpha value is -1.81. The van der Waals surface area contributed by atoms with E-state index in [2.05, 4.69) is 15.5 Å². The number of aromatic nitrogens is 2. The molecule has 0 saturated carbocycles. The summed E-state index contributed by atoms with van der Waals surface area (Å²) < 4.78 is 5.18. The molecule has 18 heavy (non-hydrogen) atoms. The van der Waals surface area contributed by atoms with Crippen molar-refractivity contribution in [3.63, 3.8) is 0 Å². The molecule has 1 aromatic carbocycles. The smallest absolute Gasteiger partial charge is 0.119 e. The van der Waals surface area contributed by atoms with Gasteiger partial charge in [-0.05, 0) is 36.2 Å². The first kappa shape index (κ1) is 12.6. The average Bonchev–Trinajstić information content (AvgIpc) is 2.42. The van der Waals surface area contributed by atoms with E-state index in [-0.39, 0.29) is 0 Å². The number of methoxy groups -OCH3 is 1. The van der Waals surface area contributed by atoms with Crippen LogP contribution in [0.15, 0.2) is 36.7 Å². The first-order chi connectivity index (χ1) is 8.79. The monoisotopic (exact) mass is 263 g/mol. The zero-order chi connectivity index (χ0) is 12.8. The van der Waals surface area contributed by atoms with Crippen LogP contribution < -0.4 is 10.1 Å². The summed E-state index contributed by atoms with van der Waals surface area (Å²) in [6.07, 6.45) is 4.16. The standard InChI is InChI=1S/C13H14ClN3O/c1-18-12-2-3-13(14)10(8-12)4-6-15-11-5-7-16-17-9-11/h2-3,5,7-9H,4,6H2,1H3,(H,15,16). The lowest BCUT2D eigenvalue weighted by Crippen LogP contribution is -2.05. The van der Waals surface area contributed by atoms with Gasteiger partial charge in [0.2, 0.25) is 0 Å². The Morgan fingerprint density at radius 3 is 2.89 bits per heavy atom. The number of hydrogen-bond donors (Lipinski definition) is 1. The van der Waals surface area contributed by atoms with E-state index in [9.17, 15) is 0 Å². The predicted octanol–water partition coefficient (Wildman–Crippen LogP) is 2.79. The molecule has 0 unspecified atom stereocenters. The molecule has 94 valence electrons. The minimum atomic E-state index is 0.755. The summed E-state index contributed by atoms with van der Waals surface area (Å²) in [5, 5.41) is 11.5. The van der Waals surface area contributed by atoms with Gasteiger partial charge in [0.1, 0.15) is 5.75 Å². The highest BCUT2D eigenvalue weighted by Gasteiger charge is 2.02. The number of anilines is 1. The Bertz CT molecular complexity index is 505. The lowest BCUT2D eigenvalue weighted by atomic mass is 10.1. The fraction of sp³-hybridized carbons (Fsp3) is 0.231. The molecule has 2 aromatic rings. The van der Waals surface area contributed by atoms with Gasteiger partial charge in [-0.2, -0.15) is 10.2 Å². The fourth-order valence-corrected chi connectivity index (χ4v) is 1.82. The number of halogens is 1. The van der Waals surface area contributed by atoms with Gasteiger partial charge in [-0.3, -0.25) is 0 Å². The number of nitrogens with zero attached hydrogens (tertiary/aromatic N) is 2. The molecule has 1 heterocycles. The normalized spacial score (nSPS) is 10.1. The Labute approximate surface area is 111 Å². The van der Waals surface area contributed by atoms with E-state index in [0.29, 0.717) is 0 Å². The highest BCUT2D eigenvalue weighted by Crippen LogP contribution is 2.22. The second-order valence-corrected chi connectivity index (χ2v) is 4.17. The van der Waals surface area contributed by atoms with Gasteiger partial charge in [0, 0.05) is 11.6 Å². The van der Waals surface area contributed by atoms with E-state index in [1.807, 2.05) is 24.3 Å². The van der Waals surface area contributed by atoms with Gasteiger partial charge in [-0.15, -0.1) is 0 Å². The summed E-state index contributed by atoms with van der Waals surface area (Å²) in [5.41, 5.74) is 2.01. The third kappa shape index (κ3) is 3.34. The SMILES string of the molecule is COc1ccc(Cl)c(CCNc2ccnnc2)c1. The van der Waals surface area contributed by atoms with Gasteiger partial charge in [0.15, 0.2) is 0 Å². The summed E-state index contributed by atoms with van der Waals surface area (Å²) in [7, 11) is 1.65. The third-order valence-electron chi connectivity index (χ3n) is 2.56. The van der Waals surface area contributed by atoms with Crippen molar-refractivity contribution in [2.45, 2.75) is 6.42 Å². The number of nitrogens with one attached hydrogen (secondary N) is 1. The van der Waals surface area contributed by atoms with Gasteiger partial charge < -0.3 is 10.1 Å². The second-order valence-electron chi connectivity index (χ2n) is 3.77. The molecule has 2 rings (SSSR count). The molecular formula is C13H14ClN3O. The van der Waals surface area contributed by atoms with Crippen molar-refractivity contribution in [2.75, 3.05) is 19.0 Å². The van der Waals surface area contributed by atoms with Crippen LogP contribution in [0.5, 0.6) is 5.75 Å². The van der Waals surface area contributed by atoms with Gasteiger partial charge in [0.25, 0.3) is 0 Å². The Morgan fingerprint density at radius 2 is 2.17 bits per heavy atom. The average molecular weight is 264 g/mol. The topological polar surface area (TPSA) is 47.0 Å². The third-order valence-corrected chi connectivity index (χ3v) is 2.93. The molecule has 1 aromatic heterocycles. The maximum atomic E-state index is 6.13. The summed E-state index contributed by atoms with van der Waals surface area (Å²) in [4.78, 5) is 0. The molecule has 0 saturated heterocycles. The van der Waals surface area contributed by atoms with Crippen LogP contribution in [0.3, 0.4) is 0 Å². The van der Waals surface area contributed by atoms with Crippen LogP contribution in [0.4, 0.5) is 5.69 Å². The van der Waals surface area contributed by atoms with Crippen LogP contribution in [0.1, 0.15) is 5.56 Å². The van der Waals surface area contributed by atoms with Crippen molar-refractivity contribution in [3.8, 4) is 5.75 Å². The largest absolute Gasteiger partial charge is 0.497 e. The zero-order valence-electron chi connectivity index (χ0n) is 10.1. The number of ether oxygens (including phenoxy) is 1. The van der Waals surface area contributed by atoms with Crippen molar-refractivity contribution in [2.24, 2.45) is 0 Å². The van der Waals surface area contributed by atoms with E-state index in [1.165, 1.54) is 0 Å². The van der Waals surface area contributed by atoms with Crippen LogP contribution >= 0.6 is 11.6 Å². The van der Waals surface area contributed by atoms with Gasteiger partial charge in [-0.25, -0.2) is 0 Å². The first-order valence-corrected chi connectivity index (χ1v) is 6.00. The maximum Gasteiger partial charge on any atom is 0.119 e. The van der Waals surface area contributed by atoms with Crippen LogP contribution in [-0.2, 0) is 6.42 Å². The van der Waals surface area contributed by atoms with E-state index in [0.717, 1.165) is 35.0 Å². The minimum absolute atomic E-state index is 0.755. The van der Waals surface area contributed by atoms with Crippen LogP contribution in [0.25, 0.3) is 0 Å². The molecule has 0 fully saturated rings. The summed E-state index contributed by atoms with van der Waals surface area (Å²) in [6, 6.07) is 7.53. The Morgan fingerprint density at radius 1 is 1.28 bits per heavy atom. The molecular weight excluding hydrogens is 250 g/mol. The van der Waals surface area contributed by atoms with Gasteiger partial charge in [0.05, 0.1) is 25.2 Å². The predicted molar refractivity (Wildman–Crippen MR) is 72.2 cm³/mol. The highest BCUT2D eigenvalue weighted by atomic mass is 35.5. The molecule has 0 aliphatic carbocycles. The van der Waals surface area contributed by atoms with Crippen molar-refractivity contribution in [1.82, 2.24) is 10.2 Å². The van der Waals surface area contributed by atoms with E-state index in [4.69, 9.17) is 16.3 Å². The molecule has 0 aliphatic heterocycles. The number of hydrogen-bond acceptors (Lipinski definition) is 4. The minimum Gasteiger partial charge on any atom is -0.497 e. The van der Waals surface area contributed by atoms with Crippen molar-refractivity contribution in [1.29, 1.82) is 0 Å². The van der Waals surface area contributed by atoms with Crippen molar-refractivity contribution in [3.05, 3.63) is 47.2 Å². The van der Waals surface area contributed by atoms with Crippen LogP contribution in [-0.4, -0.2) is 23.9 Å². The maximum absolute atomic E-state index is 6.13. The quantitative estimate of drug-likeness (QED) is 0.901. The second kappa shape index (κ2) is 6.21. The molecule has 0 atom stereocenters. The summed E-state index contributed by atoms with van der Waals surface area (Å²) in [5.74, 6) is 0.819. The van der Waals surface area contributed by atoms with Crippen molar-refractivity contribution >= 4 is 17.3 Å². The molecule has 0 spiro atoms. The number of benzene rings is 1. The van der Waals surface area contributed by atoms with E-state index < -0.39 is 0 Å². The van der Waals surface area contributed by atoms with E-state index in [1.54, 1.807) is 19.5 Å². The lowest BCUT2D eigenvalue weighted by Gasteiger charge is -2.08. The fourth-order valence-electron chi connectivity index (χ4n) is 1.61. The van der Waals surface area contributed by atoms with Crippen LogP contribution in [0, 0.1) is 0 Å².